The van der Waals surface area contributed by atoms with Gasteiger partial charge in [-0.2, -0.15) is 0 Å². The highest BCUT2D eigenvalue weighted by Gasteiger charge is 2.16. The van der Waals surface area contributed by atoms with Crippen LogP contribution >= 0.6 is 0 Å². The first-order valence-corrected chi connectivity index (χ1v) is 9.06. The zero-order valence-electron chi connectivity index (χ0n) is 14.2. The van der Waals surface area contributed by atoms with E-state index >= 15 is 0 Å². The number of aryl methyl sites for hydroxylation is 1. The van der Waals surface area contributed by atoms with Crippen LogP contribution in [0.4, 0.5) is 5.69 Å². The highest BCUT2D eigenvalue weighted by Crippen LogP contribution is 2.26. The van der Waals surface area contributed by atoms with Crippen LogP contribution in [0.5, 0.6) is 5.75 Å². The van der Waals surface area contributed by atoms with Gasteiger partial charge < -0.3 is 4.74 Å². The summed E-state index contributed by atoms with van der Waals surface area (Å²) in [5, 5.41) is 0. The van der Waals surface area contributed by atoms with E-state index in [4.69, 9.17) is 4.74 Å². The number of esters is 1. The summed E-state index contributed by atoms with van der Waals surface area (Å²) in [6.45, 7) is 4.53. The molecule has 0 amide bonds. The molecule has 7 heteroatoms. The molecule has 0 aromatic heterocycles. The summed E-state index contributed by atoms with van der Waals surface area (Å²) in [6.07, 6.45) is 0.0305. The molecule has 1 N–H and O–H groups in total. The van der Waals surface area contributed by atoms with Gasteiger partial charge in [0.1, 0.15) is 11.5 Å². The highest BCUT2D eigenvalue weighted by atomic mass is 32.2. The number of benzene rings is 2. The van der Waals surface area contributed by atoms with Crippen molar-refractivity contribution in [1.82, 2.24) is 0 Å². The van der Waals surface area contributed by atoms with Gasteiger partial charge >= 0.3 is 5.97 Å². The van der Waals surface area contributed by atoms with Crippen molar-refractivity contribution in [3.05, 3.63) is 53.6 Å². The van der Waals surface area contributed by atoms with Crippen LogP contribution < -0.4 is 9.46 Å². The van der Waals surface area contributed by atoms with Crippen molar-refractivity contribution in [2.24, 2.45) is 0 Å². The molecule has 25 heavy (non-hydrogen) atoms. The molecule has 6 nitrogen and oxygen atoms in total. The quantitative estimate of drug-likeness (QED) is 0.631. The van der Waals surface area contributed by atoms with Gasteiger partial charge in [0.25, 0.3) is 10.0 Å². The number of hydrogen-bond donors (Lipinski definition) is 1. The van der Waals surface area contributed by atoms with Crippen molar-refractivity contribution in [2.75, 3.05) is 4.72 Å². The number of ether oxygens (including phenoxy) is 1. The fourth-order valence-electron chi connectivity index (χ4n) is 2.24. The van der Waals surface area contributed by atoms with Gasteiger partial charge in [-0.15, -0.1) is 0 Å². The maximum atomic E-state index is 12.4. The van der Waals surface area contributed by atoms with E-state index in [-0.39, 0.29) is 28.5 Å². The lowest BCUT2D eigenvalue weighted by molar-refractivity contribution is -0.132. The smallest absolute Gasteiger partial charge is 0.308 e. The Labute approximate surface area is 146 Å². The third-order valence-electron chi connectivity index (χ3n) is 3.34. The Balaban J connectivity index is 2.34. The van der Waals surface area contributed by atoms with E-state index in [0.29, 0.717) is 5.56 Å². The Hall–Kier alpha value is -2.67. The summed E-state index contributed by atoms with van der Waals surface area (Å²) in [6, 6.07) is 10.9. The molecule has 0 radical (unpaired) electrons. The Morgan fingerprint density at radius 1 is 1.04 bits per heavy atom. The van der Waals surface area contributed by atoms with Crippen LogP contribution in [0, 0.1) is 6.92 Å². The van der Waals surface area contributed by atoms with Gasteiger partial charge in [-0.25, -0.2) is 8.42 Å². The minimum Gasteiger partial charge on any atom is -0.426 e. The number of sulfonamides is 1. The number of ketones is 1. The topological polar surface area (TPSA) is 89.5 Å². The molecular formula is C18H19NO5S. The third kappa shape index (κ3) is 5.15. The maximum absolute atomic E-state index is 12.4. The molecule has 132 valence electrons. The number of carbonyl (C=O) groups excluding carboxylic acids is 2. The van der Waals surface area contributed by atoms with Crippen LogP contribution in [0.2, 0.25) is 0 Å². The van der Waals surface area contributed by atoms with Gasteiger partial charge in [0.2, 0.25) is 0 Å². The molecule has 0 fully saturated rings. The van der Waals surface area contributed by atoms with Gasteiger partial charge in [0.05, 0.1) is 4.90 Å². The van der Waals surface area contributed by atoms with Crippen molar-refractivity contribution < 1.29 is 22.7 Å². The number of carbonyl (C=O) groups is 2. The minimum atomic E-state index is -3.75. The molecule has 0 aliphatic heterocycles. The number of rotatable bonds is 6. The molecule has 0 bridgehead atoms. The van der Waals surface area contributed by atoms with E-state index in [2.05, 4.69) is 4.72 Å². The van der Waals surface area contributed by atoms with Gasteiger partial charge in [-0.05, 0) is 44.2 Å². The molecule has 0 saturated carbocycles. The fraction of sp³-hybridized carbons (Fsp3) is 0.222. The van der Waals surface area contributed by atoms with Crippen molar-refractivity contribution in [2.45, 2.75) is 32.1 Å². The number of anilines is 1. The van der Waals surface area contributed by atoms with Crippen LogP contribution in [0.3, 0.4) is 0 Å². The summed E-state index contributed by atoms with van der Waals surface area (Å²) in [4.78, 5) is 22.7. The Bertz CT molecular complexity index is 902. The predicted molar refractivity (Wildman–Crippen MR) is 94.1 cm³/mol. The summed E-state index contributed by atoms with van der Waals surface area (Å²) in [5.74, 6) is -0.411. The van der Waals surface area contributed by atoms with Gasteiger partial charge in [-0.3, -0.25) is 14.3 Å². The number of hydrogen-bond acceptors (Lipinski definition) is 5. The van der Waals surface area contributed by atoms with Crippen molar-refractivity contribution in [1.29, 1.82) is 0 Å². The molecule has 2 aromatic carbocycles. The molecule has 0 heterocycles. The summed E-state index contributed by atoms with van der Waals surface area (Å²) < 4.78 is 32.4. The van der Waals surface area contributed by atoms with Gasteiger partial charge in [-0.1, -0.05) is 17.7 Å². The monoisotopic (exact) mass is 361 g/mol. The SMILES string of the molecule is CC(=O)Cc1cc(NS(=O)(=O)c2ccc(C)cc2)ccc1OC(C)=O. The lowest BCUT2D eigenvalue weighted by Gasteiger charge is -2.12. The first-order chi connectivity index (χ1) is 11.7. The first kappa shape index (κ1) is 18.7. The Morgan fingerprint density at radius 2 is 1.68 bits per heavy atom. The van der Waals surface area contributed by atoms with E-state index < -0.39 is 16.0 Å². The molecule has 0 spiro atoms. The fourth-order valence-corrected chi connectivity index (χ4v) is 3.28. The Morgan fingerprint density at radius 3 is 2.24 bits per heavy atom. The van der Waals surface area contributed by atoms with E-state index in [9.17, 15) is 18.0 Å². The number of Topliss-reactive ketones (excluding diaryl/α,β-unsaturated/α-hetero) is 1. The second-order valence-corrected chi connectivity index (χ2v) is 7.40. The van der Waals surface area contributed by atoms with E-state index in [1.165, 1.54) is 44.2 Å². The Kier molecular flexibility index (Phi) is 5.58. The summed E-state index contributed by atoms with van der Waals surface area (Å²) in [7, 11) is -3.75. The summed E-state index contributed by atoms with van der Waals surface area (Å²) >= 11 is 0. The van der Waals surface area contributed by atoms with E-state index in [1.54, 1.807) is 12.1 Å². The zero-order valence-corrected chi connectivity index (χ0v) is 15.0. The molecular weight excluding hydrogens is 342 g/mol. The van der Waals surface area contributed by atoms with Crippen molar-refractivity contribution in [3.63, 3.8) is 0 Å². The average molecular weight is 361 g/mol. The zero-order chi connectivity index (χ0) is 18.6. The summed E-state index contributed by atoms with van der Waals surface area (Å²) in [5.41, 5.74) is 1.67. The standard InChI is InChI=1S/C18H19NO5S/c1-12-4-7-17(8-5-12)25(22,23)19-16-6-9-18(24-14(3)21)15(11-16)10-13(2)20/h4-9,11,19H,10H2,1-3H3. The first-order valence-electron chi connectivity index (χ1n) is 7.57. The predicted octanol–water partition coefficient (Wildman–Crippen LogP) is 2.85. The molecule has 2 aromatic rings. The van der Waals surface area contributed by atoms with E-state index in [0.717, 1.165) is 5.56 Å². The largest absolute Gasteiger partial charge is 0.426 e. The third-order valence-corrected chi connectivity index (χ3v) is 4.73. The normalized spacial score (nSPS) is 11.0. The van der Waals surface area contributed by atoms with Crippen LogP contribution in [0.15, 0.2) is 47.4 Å². The minimum absolute atomic E-state index is 0.0305. The van der Waals surface area contributed by atoms with Crippen LogP contribution in [-0.2, 0) is 26.0 Å². The second kappa shape index (κ2) is 7.48. The molecule has 0 atom stereocenters. The molecule has 0 aliphatic rings. The average Bonchev–Trinajstić information content (AvgIpc) is 2.49. The molecule has 2 rings (SSSR count). The number of nitrogens with one attached hydrogen (secondary N) is 1. The van der Waals surface area contributed by atoms with Gasteiger partial charge in [0, 0.05) is 24.6 Å². The maximum Gasteiger partial charge on any atom is 0.308 e. The molecule has 0 saturated heterocycles. The van der Waals surface area contributed by atoms with Crippen LogP contribution in [0.25, 0.3) is 0 Å². The molecule has 0 unspecified atom stereocenters. The highest BCUT2D eigenvalue weighted by molar-refractivity contribution is 7.92. The lowest BCUT2D eigenvalue weighted by Crippen LogP contribution is -2.14. The van der Waals surface area contributed by atoms with Crippen LogP contribution in [0.1, 0.15) is 25.0 Å². The lowest BCUT2D eigenvalue weighted by atomic mass is 10.1. The van der Waals surface area contributed by atoms with Crippen molar-refractivity contribution in [3.8, 4) is 5.75 Å². The molecule has 0 aliphatic carbocycles. The van der Waals surface area contributed by atoms with Crippen LogP contribution in [-0.4, -0.2) is 20.2 Å². The van der Waals surface area contributed by atoms with Gasteiger partial charge in [0.15, 0.2) is 0 Å². The van der Waals surface area contributed by atoms with E-state index in [1.807, 2.05) is 6.92 Å². The second-order valence-electron chi connectivity index (χ2n) is 5.71. The van der Waals surface area contributed by atoms with Crippen molar-refractivity contribution >= 4 is 27.5 Å².